The molecule has 1 aromatic heterocycles. The van der Waals surface area contributed by atoms with Gasteiger partial charge in [-0.3, -0.25) is 4.79 Å². The Kier molecular flexibility index (Phi) is 5.08. The fourth-order valence-electron chi connectivity index (χ4n) is 2.99. The lowest BCUT2D eigenvalue weighted by molar-refractivity contribution is 0.0797. The van der Waals surface area contributed by atoms with E-state index in [4.69, 9.17) is 0 Å². The van der Waals surface area contributed by atoms with Crippen molar-refractivity contribution in [1.82, 2.24) is 15.2 Å². The molecule has 5 heteroatoms. The molecule has 0 spiro atoms. The molecule has 0 saturated carbocycles. The van der Waals surface area contributed by atoms with Gasteiger partial charge in [-0.1, -0.05) is 12.1 Å². The van der Waals surface area contributed by atoms with Gasteiger partial charge in [0.1, 0.15) is 0 Å². The summed E-state index contributed by atoms with van der Waals surface area (Å²) in [6.45, 7) is 4.87. The van der Waals surface area contributed by atoms with Gasteiger partial charge in [-0.15, -0.1) is 11.3 Å². The zero-order chi connectivity index (χ0) is 16.2. The van der Waals surface area contributed by atoms with Crippen molar-refractivity contribution in [1.29, 1.82) is 0 Å². The highest BCUT2D eigenvalue weighted by molar-refractivity contribution is 7.09. The van der Waals surface area contributed by atoms with Crippen molar-refractivity contribution < 1.29 is 4.79 Å². The minimum Gasteiger partial charge on any atom is -0.341 e. The van der Waals surface area contributed by atoms with Crippen LogP contribution >= 0.6 is 11.3 Å². The molecule has 1 aliphatic rings. The first-order chi connectivity index (χ1) is 11.1. The molecule has 3 rings (SSSR count). The number of aromatic nitrogens is 1. The van der Waals surface area contributed by atoms with Crippen molar-refractivity contribution in [2.24, 2.45) is 0 Å². The molecular formula is C18H23N3OS. The van der Waals surface area contributed by atoms with E-state index in [2.05, 4.69) is 22.4 Å². The molecule has 1 aromatic carbocycles. The van der Waals surface area contributed by atoms with Crippen LogP contribution in [0.4, 0.5) is 0 Å². The van der Waals surface area contributed by atoms with E-state index in [0.717, 1.165) is 37.3 Å². The predicted octanol–water partition coefficient (Wildman–Crippen LogP) is 2.84. The molecule has 2 heterocycles. The van der Waals surface area contributed by atoms with E-state index in [1.807, 2.05) is 31.6 Å². The maximum absolute atomic E-state index is 12.5. The molecule has 1 N–H and O–H groups in total. The Morgan fingerprint density at radius 3 is 2.78 bits per heavy atom. The fourth-order valence-corrected chi connectivity index (χ4v) is 3.76. The molecule has 23 heavy (non-hydrogen) atoms. The molecule has 0 bridgehead atoms. The van der Waals surface area contributed by atoms with Gasteiger partial charge in [-0.25, -0.2) is 4.98 Å². The van der Waals surface area contributed by atoms with Crippen LogP contribution in [-0.4, -0.2) is 42.5 Å². The monoisotopic (exact) mass is 329 g/mol. The van der Waals surface area contributed by atoms with Gasteiger partial charge in [0.25, 0.3) is 5.91 Å². The summed E-state index contributed by atoms with van der Waals surface area (Å²) < 4.78 is 0. The number of rotatable bonds is 5. The summed E-state index contributed by atoms with van der Waals surface area (Å²) >= 11 is 1.66. The van der Waals surface area contributed by atoms with Crippen LogP contribution in [0.2, 0.25) is 0 Å². The van der Waals surface area contributed by atoms with Gasteiger partial charge in [0, 0.05) is 37.0 Å². The van der Waals surface area contributed by atoms with Gasteiger partial charge in [-0.05, 0) is 43.5 Å². The molecular weight excluding hydrogens is 306 g/mol. The lowest BCUT2D eigenvalue weighted by Crippen LogP contribution is -2.28. The Labute approximate surface area is 141 Å². The van der Waals surface area contributed by atoms with Crippen molar-refractivity contribution in [2.75, 3.05) is 26.7 Å². The maximum Gasteiger partial charge on any atom is 0.253 e. The summed E-state index contributed by atoms with van der Waals surface area (Å²) in [6.07, 6.45) is 2.05. The Hall–Kier alpha value is -1.72. The summed E-state index contributed by atoms with van der Waals surface area (Å²) in [5.74, 6) is 0.675. The fraction of sp³-hybridized carbons (Fsp3) is 0.444. The summed E-state index contributed by atoms with van der Waals surface area (Å²) in [5.41, 5.74) is 5.03. The van der Waals surface area contributed by atoms with Gasteiger partial charge < -0.3 is 10.2 Å². The molecule has 1 unspecified atom stereocenters. The summed E-state index contributed by atoms with van der Waals surface area (Å²) in [7, 11) is 1.87. The topological polar surface area (TPSA) is 45.2 Å². The standard InChI is InChI=1S/C18H23N3OS/c1-13-17(23-12-20-13)8-10-21(2)18(22)15-5-3-14(4-6-15)16-7-9-19-11-16/h3-6,12,16,19H,7-11H2,1-2H3. The lowest BCUT2D eigenvalue weighted by atomic mass is 9.97. The third-order valence-electron chi connectivity index (χ3n) is 4.56. The number of likely N-dealkylation sites (N-methyl/N-ethyl adjacent to an activating group) is 1. The van der Waals surface area contributed by atoms with E-state index in [0.29, 0.717) is 5.92 Å². The molecule has 1 atom stereocenters. The quantitative estimate of drug-likeness (QED) is 0.917. The minimum absolute atomic E-state index is 0.0864. The van der Waals surface area contributed by atoms with Crippen molar-refractivity contribution in [3.63, 3.8) is 0 Å². The van der Waals surface area contributed by atoms with Crippen LogP contribution < -0.4 is 5.32 Å². The molecule has 1 saturated heterocycles. The van der Waals surface area contributed by atoms with Crippen molar-refractivity contribution >= 4 is 17.2 Å². The van der Waals surface area contributed by atoms with Crippen LogP contribution in [0.3, 0.4) is 0 Å². The number of nitrogens with zero attached hydrogens (tertiary/aromatic N) is 2. The van der Waals surface area contributed by atoms with E-state index < -0.39 is 0 Å². The SMILES string of the molecule is Cc1ncsc1CCN(C)C(=O)c1ccc(C2CCNC2)cc1. The van der Waals surface area contributed by atoms with E-state index >= 15 is 0 Å². The minimum atomic E-state index is 0.0864. The van der Waals surface area contributed by atoms with E-state index in [1.54, 1.807) is 16.2 Å². The molecule has 0 radical (unpaired) electrons. The normalized spacial score (nSPS) is 17.4. The van der Waals surface area contributed by atoms with E-state index in [-0.39, 0.29) is 5.91 Å². The van der Waals surface area contributed by atoms with Crippen LogP contribution in [0.1, 0.15) is 38.8 Å². The molecule has 1 fully saturated rings. The van der Waals surface area contributed by atoms with Gasteiger partial charge >= 0.3 is 0 Å². The van der Waals surface area contributed by atoms with Crippen molar-refractivity contribution in [3.8, 4) is 0 Å². The second-order valence-corrected chi connectivity index (χ2v) is 7.09. The van der Waals surface area contributed by atoms with Gasteiger partial charge in [0.15, 0.2) is 0 Å². The molecule has 1 amide bonds. The van der Waals surface area contributed by atoms with Gasteiger partial charge in [-0.2, -0.15) is 0 Å². The molecule has 0 aliphatic carbocycles. The number of carbonyl (C=O) groups excluding carboxylic acids is 1. The third kappa shape index (κ3) is 3.79. The summed E-state index contributed by atoms with van der Waals surface area (Å²) in [4.78, 5) is 19.8. The number of aryl methyl sites for hydroxylation is 1. The van der Waals surface area contributed by atoms with Crippen LogP contribution in [0, 0.1) is 6.92 Å². The predicted molar refractivity (Wildman–Crippen MR) is 94.2 cm³/mol. The zero-order valence-electron chi connectivity index (χ0n) is 13.7. The van der Waals surface area contributed by atoms with E-state index in [1.165, 1.54) is 16.9 Å². The number of hydrogen-bond acceptors (Lipinski definition) is 4. The Bertz CT molecular complexity index is 659. The van der Waals surface area contributed by atoms with E-state index in [9.17, 15) is 4.79 Å². The second kappa shape index (κ2) is 7.23. The Morgan fingerprint density at radius 1 is 1.39 bits per heavy atom. The highest BCUT2D eigenvalue weighted by Crippen LogP contribution is 2.22. The first-order valence-corrected chi connectivity index (χ1v) is 8.98. The molecule has 122 valence electrons. The van der Waals surface area contributed by atoms with Gasteiger partial charge in [0.05, 0.1) is 11.2 Å². The maximum atomic E-state index is 12.5. The zero-order valence-corrected chi connectivity index (χ0v) is 14.5. The molecule has 4 nitrogen and oxygen atoms in total. The third-order valence-corrected chi connectivity index (χ3v) is 5.55. The molecule has 2 aromatic rings. The second-order valence-electron chi connectivity index (χ2n) is 6.15. The van der Waals surface area contributed by atoms with Crippen molar-refractivity contribution in [2.45, 2.75) is 25.7 Å². The number of hydrogen-bond donors (Lipinski definition) is 1. The number of amides is 1. The lowest BCUT2D eigenvalue weighted by Gasteiger charge is -2.17. The number of benzene rings is 1. The Balaban J connectivity index is 1.59. The van der Waals surface area contributed by atoms with Gasteiger partial charge in [0.2, 0.25) is 0 Å². The van der Waals surface area contributed by atoms with Crippen LogP contribution in [0.5, 0.6) is 0 Å². The first-order valence-electron chi connectivity index (χ1n) is 8.10. The van der Waals surface area contributed by atoms with Crippen LogP contribution in [0.15, 0.2) is 29.8 Å². The highest BCUT2D eigenvalue weighted by Gasteiger charge is 2.18. The average Bonchev–Trinajstić information content (AvgIpc) is 3.24. The van der Waals surface area contributed by atoms with Crippen LogP contribution in [0.25, 0.3) is 0 Å². The smallest absolute Gasteiger partial charge is 0.253 e. The number of thiazole rings is 1. The molecule has 1 aliphatic heterocycles. The average molecular weight is 329 g/mol. The summed E-state index contributed by atoms with van der Waals surface area (Å²) in [5, 5.41) is 3.38. The largest absolute Gasteiger partial charge is 0.341 e. The Morgan fingerprint density at radius 2 is 2.17 bits per heavy atom. The first kappa shape index (κ1) is 16.1. The van der Waals surface area contributed by atoms with Crippen molar-refractivity contribution in [3.05, 3.63) is 51.5 Å². The number of carbonyl (C=O) groups is 1. The highest BCUT2D eigenvalue weighted by atomic mass is 32.1. The van der Waals surface area contributed by atoms with Crippen LogP contribution in [-0.2, 0) is 6.42 Å². The summed E-state index contributed by atoms with van der Waals surface area (Å²) in [6, 6.07) is 8.13. The number of nitrogens with one attached hydrogen (secondary N) is 1.